The van der Waals surface area contributed by atoms with Gasteiger partial charge in [-0.15, -0.1) is 0 Å². The minimum absolute atomic E-state index is 0.192. The van der Waals surface area contributed by atoms with Gasteiger partial charge in [0, 0.05) is 54.1 Å². The average Bonchev–Trinajstić information content (AvgIpc) is 3.35. The Kier molecular flexibility index (Phi) is 5.80. The Labute approximate surface area is 187 Å². The van der Waals surface area contributed by atoms with Crippen molar-refractivity contribution in [2.45, 2.75) is 32.7 Å². The first-order valence-corrected chi connectivity index (χ1v) is 10.7. The summed E-state index contributed by atoms with van der Waals surface area (Å²) in [4.78, 5) is 24.1. The molecule has 0 aliphatic carbocycles. The lowest BCUT2D eigenvalue weighted by Crippen LogP contribution is -2.18. The molecular weight excluding hydrogens is 402 g/mol. The second-order valence-electron chi connectivity index (χ2n) is 9.14. The molecule has 0 bridgehead atoms. The Morgan fingerprint density at radius 1 is 1.09 bits per heavy atom. The maximum atomic E-state index is 13.4. The molecule has 3 aromatic heterocycles. The molecule has 0 unspecified atom stereocenters. The standard InChI is InChI=1S/C24H29N7O/c1-24(2,3)20-15-21(31(28-20)23-25-11-8-12-26-23)27-22(32)18-16-30(14-13-29(4)5)19-10-7-6-9-17(18)19/h6-12,15-16H,13-14H2,1-5H3,(H,27,32). The number of aromatic nitrogens is 5. The topological polar surface area (TPSA) is 80.9 Å². The summed E-state index contributed by atoms with van der Waals surface area (Å²) < 4.78 is 3.71. The molecule has 3 heterocycles. The number of carbonyl (C=O) groups excluding carboxylic acids is 1. The average molecular weight is 432 g/mol. The first-order valence-electron chi connectivity index (χ1n) is 10.7. The lowest BCUT2D eigenvalue weighted by atomic mass is 9.92. The summed E-state index contributed by atoms with van der Waals surface area (Å²) >= 11 is 0. The molecule has 0 saturated heterocycles. The van der Waals surface area contributed by atoms with Crippen molar-refractivity contribution in [1.29, 1.82) is 0 Å². The van der Waals surface area contributed by atoms with Crippen LogP contribution in [0.5, 0.6) is 0 Å². The number of anilines is 1. The van der Waals surface area contributed by atoms with Crippen molar-refractivity contribution >= 4 is 22.6 Å². The van der Waals surface area contributed by atoms with Crippen LogP contribution >= 0.6 is 0 Å². The van der Waals surface area contributed by atoms with Crippen molar-refractivity contribution in [3.05, 3.63) is 66.2 Å². The van der Waals surface area contributed by atoms with Crippen molar-refractivity contribution in [1.82, 2.24) is 29.2 Å². The van der Waals surface area contributed by atoms with Crippen LogP contribution in [-0.4, -0.2) is 55.8 Å². The van der Waals surface area contributed by atoms with Crippen LogP contribution in [0.2, 0.25) is 0 Å². The van der Waals surface area contributed by atoms with E-state index in [1.807, 2.05) is 50.6 Å². The number of amides is 1. The van der Waals surface area contributed by atoms with E-state index in [2.05, 4.69) is 50.6 Å². The monoisotopic (exact) mass is 431 g/mol. The normalized spacial score (nSPS) is 11.9. The fraction of sp³-hybridized carbons (Fsp3) is 0.333. The number of hydrogen-bond acceptors (Lipinski definition) is 5. The van der Waals surface area contributed by atoms with Crippen LogP contribution in [0.4, 0.5) is 5.82 Å². The van der Waals surface area contributed by atoms with Crippen molar-refractivity contribution < 1.29 is 4.79 Å². The molecule has 0 aliphatic heterocycles. The summed E-state index contributed by atoms with van der Waals surface area (Å²) in [6.45, 7) is 7.91. The van der Waals surface area contributed by atoms with Crippen LogP contribution in [0.3, 0.4) is 0 Å². The van der Waals surface area contributed by atoms with Gasteiger partial charge < -0.3 is 14.8 Å². The van der Waals surface area contributed by atoms with E-state index < -0.39 is 0 Å². The number of nitrogens with one attached hydrogen (secondary N) is 1. The van der Waals surface area contributed by atoms with E-state index >= 15 is 0 Å². The second-order valence-corrected chi connectivity index (χ2v) is 9.14. The smallest absolute Gasteiger partial charge is 0.258 e. The van der Waals surface area contributed by atoms with Gasteiger partial charge in [0.05, 0.1) is 11.3 Å². The summed E-state index contributed by atoms with van der Waals surface area (Å²) in [6.07, 6.45) is 5.24. The molecule has 0 radical (unpaired) electrons. The van der Waals surface area contributed by atoms with Crippen LogP contribution in [-0.2, 0) is 12.0 Å². The van der Waals surface area contributed by atoms with E-state index in [0.29, 0.717) is 17.3 Å². The highest BCUT2D eigenvalue weighted by Crippen LogP contribution is 2.27. The number of nitrogens with zero attached hydrogens (tertiary/aromatic N) is 6. The van der Waals surface area contributed by atoms with Crippen LogP contribution < -0.4 is 5.32 Å². The molecule has 1 N–H and O–H groups in total. The lowest BCUT2D eigenvalue weighted by Gasteiger charge is -2.13. The Morgan fingerprint density at radius 2 is 1.81 bits per heavy atom. The van der Waals surface area contributed by atoms with E-state index in [-0.39, 0.29) is 11.3 Å². The van der Waals surface area contributed by atoms with Gasteiger partial charge in [-0.3, -0.25) is 4.79 Å². The second kappa shape index (κ2) is 8.55. The molecule has 0 saturated carbocycles. The van der Waals surface area contributed by atoms with Gasteiger partial charge in [0.2, 0.25) is 0 Å². The number of rotatable bonds is 6. The Morgan fingerprint density at radius 3 is 2.50 bits per heavy atom. The van der Waals surface area contributed by atoms with Gasteiger partial charge in [-0.1, -0.05) is 39.0 Å². The molecular formula is C24H29N7O. The van der Waals surface area contributed by atoms with Crippen molar-refractivity contribution in [3.63, 3.8) is 0 Å². The summed E-state index contributed by atoms with van der Waals surface area (Å²) in [5.74, 6) is 0.755. The van der Waals surface area contributed by atoms with E-state index in [1.54, 1.807) is 23.1 Å². The third-order valence-corrected chi connectivity index (χ3v) is 5.28. The minimum Gasteiger partial charge on any atom is -0.345 e. The van der Waals surface area contributed by atoms with Gasteiger partial charge in [0.25, 0.3) is 11.9 Å². The maximum absolute atomic E-state index is 13.4. The molecule has 166 valence electrons. The van der Waals surface area contributed by atoms with Crippen LogP contribution in [0.1, 0.15) is 36.8 Å². The lowest BCUT2D eigenvalue weighted by molar-refractivity contribution is 0.102. The summed E-state index contributed by atoms with van der Waals surface area (Å²) in [5.41, 5.74) is 2.31. The van der Waals surface area contributed by atoms with Crippen molar-refractivity contribution in [2.24, 2.45) is 0 Å². The first-order chi connectivity index (χ1) is 15.2. The van der Waals surface area contributed by atoms with Gasteiger partial charge in [-0.25, -0.2) is 9.97 Å². The molecule has 1 amide bonds. The van der Waals surface area contributed by atoms with Crippen LogP contribution in [0.25, 0.3) is 16.9 Å². The predicted molar refractivity (Wildman–Crippen MR) is 126 cm³/mol. The minimum atomic E-state index is -0.193. The fourth-order valence-corrected chi connectivity index (χ4v) is 3.49. The first kappa shape index (κ1) is 21.7. The molecule has 0 atom stereocenters. The number of benzene rings is 1. The van der Waals surface area contributed by atoms with Gasteiger partial charge in [0.1, 0.15) is 5.82 Å². The van der Waals surface area contributed by atoms with E-state index in [4.69, 9.17) is 0 Å². The fourth-order valence-electron chi connectivity index (χ4n) is 3.49. The summed E-state index contributed by atoms with van der Waals surface area (Å²) in [6, 6.07) is 11.6. The quantitative estimate of drug-likeness (QED) is 0.503. The van der Waals surface area contributed by atoms with Crippen LogP contribution in [0, 0.1) is 0 Å². The molecule has 0 aliphatic rings. The molecule has 0 spiro atoms. The molecule has 4 aromatic rings. The SMILES string of the molecule is CN(C)CCn1cc(C(=O)Nc2cc(C(C)(C)C)nn2-c2ncccn2)c2ccccc21. The number of para-hydroxylation sites is 1. The highest BCUT2D eigenvalue weighted by atomic mass is 16.1. The van der Waals surface area contributed by atoms with E-state index in [1.165, 1.54) is 0 Å². The zero-order chi connectivity index (χ0) is 22.9. The number of fused-ring (bicyclic) bond motifs is 1. The highest BCUT2D eigenvalue weighted by Gasteiger charge is 2.23. The highest BCUT2D eigenvalue weighted by molar-refractivity contribution is 6.12. The Balaban J connectivity index is 1.72. The Hall–Kier alpha value is -3.52. The maximum Gasteiger partial charge on any atom is 0.258 e. The third kappa shape index (κ3) is 4.40. The summed E-state index contributed by atoms with van der Waals surface area (Å²) in [7, 11) is 4.08. The molecule has 4 rings (SSSR count). The van der Waals surface area contributed by atoms with Gasteiger partial charge in [0.15, 0.2) is 0 Å². The molecule has 0 fully saturated rings. The third-order valence-electron chi connectivity index (χ3n) is 5.28. The van der Waals surface area contributed by atoms with E-state index in [0.717, 1.165) is 29.7 Å². The number of hydrogen-bond donors (Lipinski definition) is 1. The number of carbonyl (C=O) groups is 1. The van der Waals surface area contributed by atoms with E-state index in [9.17, 15) is 4.79 Å². The zero-order valence-corrected chi connectivity index (χ0v) is 19.2. The van der Waals surface area contributed by atoms with Crippen LogP contribution in [0.15, 0.2) is 55.0 Å². The van der Waals surface area contributed by atoms with Gasteiger partial charge in [-0.05, 0) is 26.2 Å². The molecule has 8 heteroatoms. The number of likely N-dealkylation sites (N-methyl/N-ethyl adjacent to an activating group) is 1. The Bertz CT molecular complexity index is 1230. The molecule has 1 aromatic carbocycles. The van der Waals surface area contributed by atoms with Crippen molar-refractivity contribution in [3.8, 4) is 5.95 Å². The predicted octanol–water partition coefficient (Wildman–Crippen LogP) is 3.73. The largest absolute Gasteiger partial charge is 0.345 e. The van der Waals surface area contributed by atoms with Gasteiger partial charge in [-0.2, -0.15) is 9.78 Å². The molecule has 32 heavy (non-hydrogen) atoms. The summed E-state index contributed by atoms with van der Waals surface area (Å²) in [5, 5.41) is 8.65. The van der Waals surface area contributed by atoms with Gasteiger partial charge >= 0.3 is 0 Å². The zero-order valence-electron chi connectivity index (χ0n) is 19.2. The molecule has 8 nitrogen and oxygen atoms in total. The van der Waals surface area contributed by atoms with Crippen molar-refractivity contribution in [2.75, 3.05) is 26.0 Å².